The van der Waals surface area contributed by atoms with Gasteiger partial charge in [0.25, 0.3) is 0 Å². The fourth-order valence-electron chi connectivity index (χ4n) is 0.718. The lowest BCUT2D eigenvalue weighted by Gasteiger charge is -2.05. The van der Waals surface area contributed by atoms with E-state index in [4.69, 9.17) is 5.73 Å². The van der Waals surface area contributed by atoms with Gasteiger partial charge in [0.1, 0.15) is 5.82 Å². The number of hydrogen-bond acceptors (Lipinski definition) is 3. The lowest BCUT2D eigenvalue weighted by Crippen LogP contribution is -2.32. The Hall–Kier alpha value is -1.49. The molecule has 1 aromatic rings. The minimum absolute atomic E-state index is 0.169. The summed E-state index contributed by atoms with van der Waals surface area (Å²) in [6, 6.07) is 3.51. The molecular weight excluding hydrogens is 173 g/mol. The highest BCUT2D eigenvalue weighted by atomic mass is 19.1. The van der Waals surface area contributed by atoms with Crippen molar-refractivity contribution in [3.63, 3.8) is 0 Å². The summed E-state index contributed by atoms with van der Waals surface area (Å²) in [4.78, 5) is 14.5. The van der Waals surface area contributed by atoms with Crippen LogP contribution in [-0.2, 0) is 4.79 Å². The van der Waals surface area contributed by atoms with Gasteiger partial charge in [-0.1, -0.05) is 6.07 Å². The van der Waals surface area contributed by atoms with Crippen LogP contribution in [-0.4, -0.2) is 16.9 Å². The van der Waals surface area contributed by atoms with E-state index in [0.717, 1.165) is 0 Å². The molecule has 0 bridgehead atoms. The van der Waals surface area contributed by atoms with E-state index in [0.29, 0.717) is 0 Å². The van der Waals surface area contributed by atoms with Crippen LogP contribution >= 0.6 is 0 Å². The second-order valence-corrected chi connectivity index (χ2v) is 2.62. The number of nitrogens with zero attached hydrogens (tertiary/aromatic N) is 1. The van der Waals surface area contributed by atoms with Crippen LogP contribution in [0.4, 0.5) is 10.2 Å². The first-order valence-electron chi connectivity index (χ1n) is 3.78. The van der Waals surface area contributed by atoms with Crippen molar-refractivity contribution in [2.45, 2.75) is 13.0 Å². The Morgan fingerprint density at radius 2 is 2.38 bits per heavy atom. The number of carbonyl (C=O) groups is 1. The summed E-state index contributed by atoms with van der Waals surface area (Å²) in [5.41, 5.74) is 5.29. The molecule has 1 amide bonds. The number of nitrogens with two attached hydrogens (primary N) is 1. The summed E-state index contributed by atoms with van der Waals surface area (Å²) in [6.07, 6.45) is 0. The van der Waals surface area contributed by atoms with Crippen LogP contribution in [0.2, 0.25) is 0 Å². The maximum atomic E-state index is 12.5. The molecule has 0 aliphatic carbocycles. The van der Waals surface area contributed by atoms with Crippen molar-refractivity contribution in [2.75, 3.05) is 5.32 Å². The summed E-state index contributed by atoms with van der Waals surface area (Å²) in [5, 5.41) is 2.37. The minimum atomic E-state index is -0.637. The zero-order valence-electron chi connectivity index (χ0n) is 7.12. The molecule has 0 saturated carbocycles. The molecule has 13 heavy (non-hydrogen) atoms. The SMILES string of the molecule is CC(N)C(=O)Nc1cccc(F)n1. The fourth-order valence-corrected chi connectivity index (χ4v) is 0.718. The first-order chi connectivity index (χ1) is 6.09. The van der Waals surface area contributed by atoms with Crippen molar-refractivity contribution in [1.82, 2.24) is 4.98 Å². The maximum absolute atomic E-state index is 12.5. The van der Waals surface area contributed by atoms with Gasteiger partial charge in [-0.2, -0.15) is 4.39 Å². The number of anilines is 1. The number of amides is 1. The molecule has 1 aromatic heterocycles. The van der Waals surface area contributed by atoms with Crippen molar-refractivity contribution in [1.29, 1.82) is 0 Å². The molecule has 3 N–H and O–H groups in total. The van der Waals surface area contributed by atoms with Crippen molar-refractivity contribution < 1.29 is 9.18 Å². The number of halogens is 1. The third kappa shape index (κ3) is 2.79. The lowest BCUT2D eigenvalue weighted by atomic mass is 10.3. The third-order valence-electron chi connectivity index (χ3n) is 1.38. The highest BCUT2D eigenvalue weighted by Crippen LogP contribution is 2.03. The molecular formula is C8H10FN3O. The van der Waals surface area contributed by atoms with Crippen molar-refractivity contribution in [3.05, 3.63) is 24.1 Å². The van der Waals surface area contributed by atoms with E-state index in [2.05, 4.69) is 10.3 Å². The predicted octanol–water partition coefficient (Wildman–Crippen LogP) is 0.506. The Balaban J connectivity index is 2.69. The Morgan fingerprint density at radius 3 is 2.92 bits per heavy atom. The fraction of sp³-hybridized carbons (Fsp3) is 0.250. The van der Waals surface area contributed by atoms with Crippen molar-refractivity contribution in [3.8, 4) is 0 Å². The van der Waals surface area contributed by atoms with Gasteiger partial charge in [0, 0.05) is 0 Å². The van der Waals surface area contributed by atoms with E-state index in [-0.39, 0.29) is 5.82 Å². The molecule has 0 spiro atoms. The number of carbonyl (C=O) groups excluding carboxylic acids is 1. The Labute approximate surface area is 75.0 Å². The maximum Gasteiger partial charge on any atom is 0.242 e. The molecule has 70 valence electrons. The van der Waals surface area contributed by atoms with E-state index in [9.17, 15) is 9.18 Å². The average molecular weight is 183 g/mol. The van der Waals surface area contributed by atoms with E-state index in [1.54, 1.807) is 0 Å². The predicted molar refractivity (Wildman–Crippen MR) is 46.5 cm³/mol. The molecule has 0 aromatic carbocycles. The third-order valence-corrected chi connectivity index (χ3v) is 1.38. The number of hydrogen-bond donors (Lipinski definition) is 2. The topological polar surface area (TPSA) is 68.0 Å². The van der Waals surface area contributed by atoms with Gasteiger partial charge in [0.05, 0.1) is 6.04 Å². The molecule has 0 aliphatic rings. The van der Waals surface area contributed by atoms with Gasteiger partial charge in [-0.25, -0.2) is 4.98 Å². The van der Waals surface area contributed by atoms with Gasteiger partial charge >= 0.3 is 0 Å². The highest BCUT2D eigenvalue weighted by molar-refractivity contribution is 5.93. The van der Waals surface area contributed by atoms with Crippen molar-refractivity contribution in [2.24, 2.45) is 5.73 Å². The quantitative estimate of drug-likeness (QED) is 0.656. The largest absolute Gasteiger partial charge is 0.320 e. The smallest absolute Gasteiger partial charge is 0.242 e. The molecule has 0 fully saturated rings. The van der Waals surface area contributed by atoms with Gasteiger partial charge in [0.15, 0.2) is 0 Å². The van der Waals surface area contributed by atoms with Crippen LogP contribution in [0.15, 0.2) is 18.2 Å². The summed E-state index contributed by atoms with van der Waals surface area (Å²) < 4.78 is 12.5. The number of aromatic nitrogens is 1. The monoisotopic (exact) mass is 183 g/mol. The van der Waals surface area contributed by atoms with Crippen LogP contribution < -0.4 is 11.1 Å². The molecule has 1 rings (SSSR count). The standard InChI is InChI=1S/C8H10FN3O/c1-5(10)8(13)12-7-4-2-3-6(9)11-7/h2-5H,10H2,1H3,(H,11,12,13). The molecule has 1 unspecified atom stereocenters. The van der Waals surface area contributed by atoms with Gasteiger partial charge in [-0.05, 0) is 19.1 Å². The van der Waals surface area contributed by atoms with Gasteiger partial charge < -0.3 is 11.1 Å². The number of rotatable bonds is 2. The first-order valence-corrected chi connectivity index (χ1v) is 3.78. The molecule has 4 nitrogen and oxygen atoms in total. The first kappa shape index (κ1) is 9.60. The van der Waals surface area contributed by atoms with Gasteiger partial charge in [-0.15, -0.1) is 0 Å². The Kier molecular flexibility index (Phi) is 2.92. The number of nitrogens with one attached hydrogen (secondary N) is 1. The molecule has 1 heterocycles. The Bertz CT molecular complexity index is 314. The zero-order chi connectivity index (χ0) is 9.84. The van der Waals surface area contributed by atoms with Crippen LogP contribution in [0.3, 0.4) is 0 Å². The highest BCUT2D eigenvalue weighted by Gasteiger charge is 2.07. The van der Waals surface area contributed by atoms with Crippen LogP contribution in [0.5, 0.6) is 0 Å². The zero-order valence-corrected chi connectivity index (χ0v) is 7.12. The summed E-state index contributed by atoms with van der Waals surface area (Å²) in [6.45, 7) is 1.54. The second-order valence-electron chi connectivity index (χ2n) is 2.62. The van der Waals surface area contributed by atoms with Crippen LogP contribution in [0.1, 0.15) is 6.92 Å². The van der Waals surface area contributed by atoms with E-state index in [1.165, 1.54) is 25.1 Å². The van der Waals surface area contributed by atoms with Crippen molar-refractivity contribution >= 4 is 11.7 Å². The minimum Gasteiger partial charge on any atom is -0.320 e. The van der Waals surface area contributed by atoms with E-state index >= 15 is 0 Å². The summed E-state index contributed by atoms with van der Waals surface area (Å²) in [7, 11) is 0. The van der Waals surface area contributed by atoms with Crippen LogP contribution in [0.25, 0.3) is 0 Å². The van der Waals surface area contributed by atoms with Gasteiger partial charge in [-0.3, -0.25) is 4.79 Å². The lowest BCUT2D eigenvalue weighted by molar-refractivity contribution is -0.117. The normalized spacial score (nSPS) is 12.2. The summed E-state index contributed by atoms with van der Waals surface area (Å²) in [5.74, 6) is -0.858. The molecule has 0 radical (unpaired) electrons. The number of pyridine rings is 1. The molecule has 1 atom stereocenters. The van der Waals surface area contributed by atoms with Crippen LogP contribution in [0, 0.1) is 5.95 Å². The molecule has 0 aliphatic heterocycles. The van der Waals surface area contributed by atoms with E-state index in [1.807, 2.05) is 0 Å². The Morgan fingerprint density at radius 1 is 1.69 bits per heavy atom. The molecule has 0 saturated heterocycles. The molecule has 5 heteroatoms. The van der Waals surface area contributed by atoms with E-state index < -0.39 is 17.9 Å². The summed E-state index contributed by atoms with van der Waals surface area (Å²) >= 11 is 0. The second kappa shape index (κ2) is 3.95. The van der Waals surface area contributed by atoms with Gasteiger partial charge in [0.2, 0.25) is 11.9 Å². The average Bonchev–Trinajstić information content (AvgIpc) is 2.04.